The fourth-order valence-electron chi connectivity index (χ4n) is 1.56. The van der Waals surface area contributed by atoms with Gasteiger partial charge in [0.15, 0.2) is 0 Å². The van der Waals surface area contributed by atoms with Crippen LogP contribution in [0.1, 0.15) is 12.0 Å². The molecule has 1 saturated heterocycles. The number of aromatic nitrogens is 1. The van der Waals surface area contributed by atoms with Crippen LogP contribution in [0.25, 0.3) is 0 Å². The van der Waals surface area contributed by atoms with Gasteiger partial charge in [-0.05, 0) is 24.6 Å². The van der Waals surface area contributed by atoms with Gasteiger partial charge in [0.1, 0.15) is 0 Å². The molecule has 2 heterocycles. The first-order valence-corrected chi connectivity index (χ1v) is 4.51. The number of rotatable bonds is 3. The summed E-state index contributed by atoms with van der Waals surface area (Å²) in [5.74, 6) is 0. The summed E-state index contributed by atoms with van der Waals surface area (Å²) in [4.78, 5) is 3.05. The zero-order chi connectivity index (χ0) is 8.23. The summed E-state index contributed by atoms with van der Waals surface area (Å²) in [7, 11) is 0. The highest BCUT2D eigenvalue weighted by Gasteiger charge is 2.12. The molecule has 1 atom stereocenters. The molecule has 0 aliphatic carbocycles. The molecule has 1 aromatic heterocycles. The molecule has 0 amide bonds. The van der Waals surface area contributed by atoms with Crippen molar-refractivity contribution in [1.29, 1.82) is 0 Å². The zero-order valence-electron chi connectivity index (χ0n) is 7.14. The number of hydrogen-bond acceptors (Lipinski definition) is 2. The van der Waals surface area contributed by atoms with Crippen molar-refractivity contribution in [1.82, 2.24) is 15.6 Å². The number of nitrogens with one attached hydrogen (secondary N) is 3. The fourth-order valence-corrected chi connectivity index (χ4v) is 1.56. The Morgan fingerprint density at radius 2 is 2.58 bits per heavy atom. The van der Waals surface area contributed by atoms with Crippen molar-refractivity contribution in [2.24, 2.45) is 0 Å². The van der Waals surface area contributed by atoms with Gasteiger partial charge >= 0.3 is 0 Å². The van der Waals surface area contributed by atoms with Crippen LogP contribution in [0.2, 0.25) is 0 Å². The van der Waals surface area contributed by atoms with Crippen LogP contribution in [0.4, 0.5) is 0 Å². The van der Waals surface area contributed by atoms with Crippen molar-refractivity contribution in [3.05, 3.63) is 24.0 Å². The summed E-state index contributed by atoms with van der Waals surface area (Å²) in [5.41, 5.74) is 1.34. The van der Waals surface area contributed by atoms with Gasteiger partial charge in [0.25, 0.3) is 0 Å². The van der Waals surface area contributed by atoms with Crippen LogP contribution in [0.15, 0.2) is 18.5 Å². The third kappa shape index (κ3) is 1.87. The predicted molar refractivity (Wildman–Crippen MR) is 48.9 cm³/mol. The largest absolute Gasteiger partial charge is 0.367 e. The molecule has 3 N–H and O–H groups in total. The van der Waals surface area contributed by atoms with Gasteiger partial charge < -0.3 is 15.6 Å². The summed E-state index contributed by atoms with van der Waals surface area (Å²) in [6.45, 7) is 3.26. The second-order valence-electron chi connectivity index (χ2n) is 3.29. The molecule has 3 heteroatoms. The molecule has 1 fully saturated rings. The monoisotopic (exact) mass is 165 g/mol. The van der Waals surface area contributed by atoms with Gasteiger partial charge in [-0.1, -0.05) is 0 Å². The lowest BCUT2D eigenvalue weighted by molar-refractivity contribution is 0.547. The van der Waals surface area contributed by atoms with E-state index in [1.165, 1.54) is 12.0 Å². The minimum Gasteiger partial charge on any atom is -0.367 e. The molecule has 0 bridgehead atoms. The van der Waals surface area contributed by atoms with Crippen LogP contribution in [0, 0.1) is 0 Å². The highest BCUT2D eigenvalue weighted by Crippen LogP contribution is 2.00. The average molecular weight is 165 g/mol. The third-order valence-electron chi connectivity index (χ3n) is 2.32. The van der Waals surface area contributed by atoms with Crippen LogP contribution >= 0.6 is 0 Å². The molecular formula is C9H15N3. The molecule has 1 aliphatic heterocycles. The lowest BCUT2D eigenvalue weighted by atomic mass is 10.2. The minimum absolute atomic E-state index is 0.667. The Morgan fingerprint density at radius 3 is 3.25 bits per heavy atom. The molecule has 66 valence electrons. The quantitative estimate of drug-likeness (QED) is 0.609. The molecule has 1 aromatic rings. The lowest BCUT2D eigenvalue weighted by Crippen LogP contribution is -2.30. The first kappa shape index (κ1) is 7.83. The first-order valence-electron chi connectivity index (χ1n) is 4.51. The summed E-state index contributed by atoms with van der Waals surface area (Å²) < 4.78 is 0. The molecular weight excluding hydrogens is 150 g/mol. The van der Waals surface area contributed by atoms with E-state index in [4.69, 9.17) is 0 Å². The smallest absolute Gasteiger partial charge is 0.0223 e. The predicted octanol–water partition coefficient (Wildman–Crippen LogP) is 0.466. The standard InChI is InChI=1S/C9H15N3/c1-3-10-5-8(1)6-12-9-2-4-11-7-9/h1,3,5,9-12H,2,4,6-7H2. The van der Waals surface area contributed by atoms with Gasteiger partial charge in [-0.15, -0.1) is 0 Å². The molecule has 0 aromatic carbocycles. The maximum Gasteiger partial charge on any atom is 0.0223 e. The van der Waals surface area contributed by atoms with Crippen molar-refractivity contribution in [2.45, 2.75) is 19.0 Å². The van der Waals surface area contributed by atoms with E-state index in [0.717, 1.165) is 19.6 Å². The molecule has 0 spiro atoms. The van der Waals surface area contributed by atoms with Crippen LogP contribution in [0.5, 0.6) is 0 Å². The molecule has 3 nitrogen and oxygen atoms in total. The SMILES string of the molecule is c1cc(CNC2CCNC2)c[nH]1. The van der Waals surface area contributed by atoms with Crippen molar-refractivity contribution >= 4 is 0 Å². The number of aromatic amines is 1. The van der Waals surface area contributed by atoms with Crippen LogP contribution in [-0.4, -0.2) is 24.1 Å². The third-order valence-corrected chi connectivity index (χ3v) is 2.32. The fraction of sp³-hybridized carbons (Fsp3) is 0.556. The van der Waals surface area contributed by atoms with Gasteiger partial charge in [-0.3, -0.25) is 0 Å². The first-order chi connectivity index (χ1) is 5.95. The molecule has 2 rings (SSSR count). The zero-order valence-corrected chi connectivity index (χ0v) is 7.14. The summed E-state index contributed by atoms with van der Waals surface area (Å²) in [6, 6.07) is 2.77. The Balaban J connectivity index is 1.74. The van der Waals surface area contributed by atoms with Crippen molar-refractivity contribution in [3.8, 4) is 0 Å². The maximum absolute atomic E-state index is 3.50. The van der Waals surface area contributed by atoms with E-state index in [1.54, 1.807) is 0 Å². The highest BCUT2D eigenvalue weighted by atomic mass is 15.0. The lowest BCUT2D eigenvalue weighted by Gasteiger charge is -2.09. The van der Waals surface area contributed by atoms with E-state index in [2.05, 4.69) is 21.7 Å². The molecule has 12 heavy (non-hydrogen) atoms. The van der Waals surface area contributed by atoms with E-state index in [1.807, 2.05) is 12.4 Å². The van der Waals surface area contributed by atoms with Crippen LogP contribution in [0.3, 0.4) is 0 Å². The van der Waals surface area contributed by atoms with E-state index >= 15 is 0 Å². The van der Waals surface area contributed by atoms with Crippen molar-refractivity contribution in [3.63, 3.8) is 0 Å². The molecule has 1 unspecified atom stereocenters. The van der Waals surface area contributed by atoms with E-state index < -0.39 is 0 Å². The van der Waals surface area contributed by atoms with Crippen LogP contribution in [-0.2, 0) is 6.54 Å². The Bertz CT molecular complexity index is 212. The van der Waals surface area contributed by atoms with E-state index in [0.29, 0.717) is 6.04 Å². The molecule has 0 saturated carbocycles. The van der Waals surface area contributed by atoms with Crippen molar-refractivity contribution < 1.29 is 0 Å². The van der Waals surface area contributed by atoms with Gasteiger partial charge in [0.05, 0.1) is 0 Å². The Hall–Kier alpha value is -0.800. The van der Waals surface area contributed by atoms with E-state index in [-0.39, 0.29) is 0 Å². The minimum atomic E-state index is 0.667. The van der Waals surface area contributed by atoms with Gasteiger partial charge in [-0.25, -0.2) is 0 Å². The summed E-state index contributed by atoms with van der Waals surface area (Å²) in [5, 5.41) is 6.83. The second kappa shape index (κ2) is 3.74. The van der Waals surface area contributed by atoms with Crippen LogP contribution < -0.4 is 10.6 Å². The highest BCUT2D eigenvalue weighted by molar-refractivity contribution is 5.07. The normalized spacial score (nSPS) is 23.2. The molecule has 0 radical (unpaired) electrons. The van der Waals surface area contributed by atoms with Crippen molar-refractivity contribution in [2.75, 3.05) is 13.1 Å². The van der Waals surface area contributed by atoms with Gasteiger partial charge in [-0.2, -0.15) is 0 Å². The Labute approximate surface area is 72.6 Å². The maximum atomic E-state index is 3.50. The second-order valence-corrected chi connectivity index (χ2v) is 3.29. The summed E-state index contributed by atoms with van der Waals surface area (Å²) >= 11 is 0. The molecule has 1 aliphatic rings. The van der Waals surface area contributed by atoms with E-state index in [9.17, 15) is 0 Å². The van der Waals surface area contributed by atoms with Gasteiger partial charge in [0, 0.05) is 31.5 Å². The van der Waals surface area contributed by atoms with Gasteiger partial charge in [0.2, 0.25) is 0 Å². The topological polar surface area (TPSA) is 39.8 Å². The summed E-state index contributed by atoms with van der Waals surface area (Å²) in [6.07, 6.45) is 5.25. The number of hydrogen-bond donors (Lipinski definition) is 3. The average Bonchev–Trinajstić information content (AvgIpc) is 2.74. The Morgan fingerprint density at radius 1 is 1.58 bits per heavy atom. The number of H-pyrrole nitrogens is 1. The Kier molecular flexibility index (Phi) is 2.44.